The van der Waals surface area contributed by atoms with Crippen molar-refractivity contribution in [3.63, 3.8) is 0 Å². The molecule has 1 aromatic carbocycles. The van der Waals surface area contributed by atoms with Crippen molar-refractivity contribution in [1.29, 1.82) is 0 Å². The molecule has 1 aliphatic heterocycles. The molecule has 1 aliphatic rings. The Morgan fingerprint density at radius 1 is 1.09 bits per heavy atom. The van der Waals surface area contributed by atoms with Gasteiger partial charge in [0.1, 0.15) is 0 Å². The molecule has 0 bridgehead atoms. The molecule has 3 heterocycles. The molecule has 3 heteroatoms. The minimum atomic E-state index is 0.865. The first-order chi connectivity index (χ1) is 11.4. The molecular weight excluding hydrogens is 282 g/mol. The molecule has 0 saturated carbocycles. The number of hydrogen-bond donors (Lipinski definition) is 0. The molecule has 0 radical (unpaired) electrons. The van der Waals surface area contributed by atoms with Crippen molar-refractivity contribution in [3.8, 4) is 0 Å². The van der Waals surface area contributed by atoms with Gasteiger partial charge in [0.25, 0.3) is 0 Å². The SMILES string of the molecule is C(=C\c1ccccc1)/CN1CCc2nc3ncccc3cc2C1. The summed E-state index contributed by atoms with van der Waals surface area (Å²) in [7, 11) is 0. The predicted molar refractivity (Wildman–Crippen MR) is 94.0 cm³/mol. The van der Waals surface area contributed by atoms with Gasteiger partial charge >= 0.3 is 0 Å². The zero-order chi connectivity index (χ0) is 15.5. The van der Waals surface area contributed by atoms with E-state index >= 15 is 0 Å². The van der Waals surface area contributed by atoms with Gasteiger partial charge in [0.2, 0.25) is 0 Å². The summed E-state index contributed by atoms with van der Waals surface area (Å²) in [4.78, 5) is 11.5. The van der Waals surface area contributed by atoms with Crippen LogP contribution in [0.25, 0.3) is 17.1 Å². The number of benzene rings is 1. The standard InChI is InChI=1S/C20H19N3/c1-2-6-16(7-3-1)8-5-12-23-13-10-19-18(15-23)14-17-9-4-11-21-20(17)22-19/h1-9,11,14H,10,12-13,15H2/b8-5+. The van der Waals surface area contributed by atoms with Crippen molar-refractivity contribution < 1.29 is 0 Å². The molecule has 0 spiro atoms. The van der Waals surface area contributed by atoms with Crippen LogP contribution in [-0.4, -0.2) is 28.0 Å². The molecule has 2 aromatic heterocycles. The maximum Gasteiger partial charge on any atom is 0.159 e. The summed E-state index contributed by atoms with van der Waals surface area (Å²) in [6.07, 6.45) is 7.25. The van der Waals surface area contributed by atoms with Crippen molar-refractivity contribution in [2.75, 3.05) is 13.1 Å². The second-order valence-corrected chi connectivity index (χ2v) is 5.94. The molecule has 3 aromatic rings. The minimum Gasteiger partial charge on any atom is -0.295 e. The van der Waals surface area contributed by atoms with E-state index in [1.54, 1.807) is 0 Å². The molecule has 0 fully saturated rings. The highest BCUT2D eigenvalue weighted by Gasteiger charge is 2.17. The fraction of sp³-hybridized carbons (Fsp3) is 0.200. The Hall–Kier alpha value is -2.52. The van der Waals surface area contributed by atoms with E-state index in [1.807, 2.05) is 18.3 Å². The smallest absolute Gasteiger partial charge is 0.159 e. The molecule has 3 nitrogen and oxygen atoms in total. The van der Waals surface area contributed by atoms with Crippen molar-refractivity contribution in [3.05, 3.63) is 77.6 Å². The fourth-order valence-corrected chi connectivity index (χ4v) is 3.08. The van der Waals surface area contributed by atoms with Gasteiger partial charge in [-0.15, -0.1) is 0 Å². The van der Waals surface area contributed by atoms with Gasteiger partial charge in [-0.2, -0.15) is 0 Å². The molecule has 0 N–H and O–H groups in total. The van der Waals surface area contributed by atoms with E-state index in [-0.39, 0.29) is 0 Å². The maximum atomic E-state index is 4.72. The van der Waals surface area contributed by atoms with Gasteiger partial charge in [-0.1, -0.05) is 42.5 Å². The van der Waals surface area contributed by atoms with Gasteiger partial charge in [0.05, 0.1) is 0 Å². The normalized spacial score (nSPS) is 15.1. The first kappa shape index (κ1) is 14.1. The fourth-order valence-electron chi connectivity index (χ4n) is 3.08. The summed E-state index contributed by atoms with van der Waals surface area (Å²) in [6, 6.07) is 16.8. The largest absolute Gasteiger partial charge is 0.295 e. The van der Waals surface area contributed by atoms with Crippen LogP contribution in [0.5, 0.6) is 0 Å². The van der Waals surface area contributed by atoms with Crippen LogP contribution >= 0.6 is 0 Å². The first-order valence-corrected chi connectivity index (χ1v) is 8.06. The van der Waals surface area contributed by atoms with E-state index < -0.39 is 0 Å². The second-order valence-electron chi connectivity index (χ2n) is 5.94. The van der Waals surface area contributed by atoms with Crippen LogP contribution in [0.2, 0.25) is 0 Å². The lowest BCUT2D eigenvalue weighted by Crippen LogP contribution is -2.31. The second kappa shape index (κ2) is 6.31. The number of hydrogen-bond acceptors (Lipinski definition) is 3. The van der Waals surface area contributed by atoms with Gasteiger partial charge < -0.3 is 0 Å². The quantitative estimate of drug-likeness (QED) is 0.738. The highest BCUT2D eigenvalue weighted by molar-refractivity contribution is 5.75. The molecule has 0 saturated heterocycles. The molecule has 0 unspecified atom stereocenters. The van der Waals surface area contributed by atoms with Crippen molar-refractivity contribution in [2.45, 2.75) is 13.0 Å². The highest BCUT2D eigenvalue weighted by atomic mass is 15.1. The van der Waals surface area contributed by atoms with E-state index in [2.05, 4.69) is 58.4 Å². The van der Waals surface area contributed by atoms with E-state index in [9.17, 15) is 0 Å². The summed E-state index contributed by atoms with van der Waals surface area (Å²) >= 11 is 0. The summed E-state index contributed by atoms with van der Waals surface area (Å²) in [5.41, 5.74) is 4.66. The van der Waals surface area contributed by atoms with Crippen LogP contribution in [-0.2, 0) is 13.0 Å². The summed E-state index contributed by atoms with van der Waals surface area (Å²) in [5.74, 6) is 0. The number of pyridine rings is 2. The van der Waals surface area contributed by atoms with E-state index in [0.717, 1.165) is 37.1 Å². The third-order valence-electron chi connectivity index (χ3n) is 4.29. The number of rotatable bonds is 3. The van der Waals surface area contributed by atoms with E-state index in [0.29, 0.717) is 0 Å². The molecule has 114 valence electrons. The monoisotopic (exact) mass is 301 g/mol. The zero-order valence-electron chi connectivity index (χ0n) is 13.0. The van der Waals surface area contributed by atoms with Gasteiger partial charge in [-0.3, -0.25) is 4.90 Å². The summed E-state index contributed by atoms with van der Waals surface area (Å²) in [5, 5.41) is 1.13. The van der Waals surface area contributed by atoms with Crippen LogP contribution in [0.4, 0.5) is 0 Å². The van der Waals surface area contributed by atoms with Crippen molar-refractivity contribution in [1.82, 2.24) is 14.9 Å². The Morgan fingerprint density at radius 2 is 2.00 bits per heavy atom. The Labute approximate surface area is 136 Å². The molecular formula is C20H19N3. The van der Waals surface area contributed by atoms with Crippen LogP contribution in [0.1, 0.15) is 16.8 Å². The predicted octanol–water partition coefficient (Wildman–Crippen LogP) is 3.70. The Morgan fingerprint density at radius 3 is 2.91 bits per heavy atom. The average Bonchev–Trinajstić information content (AvgIpc) is 2.61. The van der Waals surface area contributed by atoms with Crippen LogP contribution in [0, 0.1) is 0 Å². The number of nitrogens with zero attached hydrogens (tertiary/aromatic N) is 3. The minimum absolute atomic E-state index is 0.865. The first-order valence-electron chi connectivity index (χ1n) is 8.06. The maximum absolute atomic E-state index is 4.72. The Bertz CT molecular complexity index is 840. The van der Waals surface area contributed by atoms with E-state index in [1.165, 1.54) is 16.8 Å². The van der Waals surface area contributed by atoms with Crippen molar-refractivity contribution in [2.24, 2.45) is 0 Å². The lowest BCUT2D eigenvalue weighted by Gasteiger charge is -2.27. The van der Waals surface area contributed by atoms with Gasteiger partial charge in [-0.05, 0) is 29.3 Å². The Balaban J connectivity index is 1.48. The van der Waals surface area contributed by atoms with Gasteiger partial charge in [0.15, 0.2) is 5.65 Å². The lowest BCUT2D eigenvalue weighted by atomic mass is 10.0. The topological polar surface area (TPSA) is 29.0 Å². The van der Waals surface area contributed by atoms with Crippen LogP contribution < -0.4 is 0 Å². The third-order valence-corrected chi connectivity index (χ3v) is 4.29. The van der Waals surface area contributed by atoms with Crippen molar-refractivity contribution >= 4 is 17.1 Å². The molecule has 0 amide bonds. The summed E-state index contributed by atoms with van der Waals surface area (Å²) in [6.45, 7) is 2.99. The third kappa shape index (κ3) is 3.15. The van der Waals surface area contributed by atoms with Gasteiger partial charge in [-0.25, -0.2) is 9.97 Å². The molecule has 4 rings (SSSR count). The molecule has 0 atom stereocenters. The van der Waals surface area contributed by atoms with E-state index in [4.69, 9.17) is 4.98 Å². The zero-order valence-corrected chi connectivity index (χ0v) is 13.0. The lowest BCUT2D eigenvalue weighted by molar-refractivity contribution is 0.280. The molecule has 23 heavy (non-hydrogen) atoms. The average molecular weight is 301 g/mol. The highest BCUT2D eigenvalue weighted by Crippen LogP contribution is 2.21. The van der Waals surface area contributed by atoms with Gasteiger partial charge in [0, 0.05) is 43.3 Å². The Kier molecular flexibility index (Phi) is 3.86. The number of aromatic nitrogens is 2. The van der Waals surface area contributed by atoms with Crippen LogP contribution in [0.3, 0.4) is 0 Å². The summed E-state index contributed by atoms with van der Waals surface area (Å²) < 4.78 is 0. The van der Waals surface area contributed by atoms with Crippen LogP contribution in [0.15, 0.2) is 60.8 Å². The molecule has 0 aliphatic carbocycles. The number of fused-ring (bicyclic) bond motifs is 2.